The van der Waals surface area contributed by atoms with Crippen LogP contribution in [0, 0.1) is 18.3 Å². The lowest BCUT2D eigenvalue weighted by Gasteiger charge is -2.09. The van der Waals surface area contributed by atoms with E-state index in [0.717, 1.165) is 15.6 Å². The van der Waals surface area contributed by atoms with E-state index in [9.17, 15) is 10.1 Å². The Labute approximate surface area is 142 Å². The van der Waals surface area contributed by atoms with Gasteiger partial charge in [-0.1, -0.05) is 45.8 Å². The second kappa shape index (κ2) is 7.61. The lowest BCUT2D eigenvalue weighted by molar-refractivity contribution is -0.139. The molecule has 0 heterocycles. The van der Waals surface area contributed by atoms with Gasteiger partial charge in [0.05, 0.1) is 11.6 Å². The van der Waals surface area contributed by atoms with Crippen LogP contribution in [0.25, 0.3) is 11.6 Å². The van der Waals surface area contributed by atoms with E-state index >= 15 is 0 Å². The minimum Gasteiger partial charge on any atom is -0.481 e. The Bertz CT molecular complexity index is 789. The number of rotatable bonds is 5. The number of aryl methyl sites for hydroxylation is 1. The molecule has 2 rings (SSSR count). The normalized spacial score (nSPS) is 10.9. The molecule has 1 N–H and O–H groups in total. The fourth-order valence-electron chi connectivity index (χ4n) is 1.97. The predicted molar refractivity (Wildman–Crippen MR) is 91.9 cm³/mol. The number of benzene rings is 2. The number of nitriles is 1. The minimum absolute atomic E-state index is 0.412. The largest absolute Gasteiger partial charge is 0.481 e. The number of hydrogen-bond donors (Lipinski definition) is 1. The van der Waals surface area contributed by atoms with Crippen molar-refractivity contribution < 1.29 is 14.6 Å². The van der Waals surface area contributed by atoms with Gasteiger partial charge in [0.15, 0.2) is 6.61 Å². The molecule has 0 bridgehead atoms. The summed E-state index contributed by atoms with van der Waals surface area (Å²) in [6, 6.07) is 15.0. The third kappa shape index (κ3) is 4.70. The Balaban J connectivity index is 2.42. The van der Waals surface area contributed by atoms with Crippen molar-refractivity contribution in [3.05, 3.63) is 63.6 Å². The molecule has 0 aliphatic carbocycles. The summed E-state index contributed by atoms with van der Waals surface area (Å²) in [5.41, 5.74) is 3.02. The first kappa shape index (κ1) is 16.8. The number of nitrogens with zero attached hydrogens (tertiary/aromatic N) is 1. The second-order valence-electron chi connectivity index (χ2n) is 4.90. The molecule has 5 heteroatoms. The molecule has 0 unspecified atom stereocenters. The number of hydrogen-bond acceptors (Lipinski definition) is 3. The molecule has 116 valence electrons. The Morgan fingerprint density at radius 1 is 1.30 bits per heavy atom. The van der Waals surface area contributed by atoms with Crippen molar-refractivity contribution in [3.63, 3.8) is 0 Å². The molecule has 2 aromatic carbocycles. The van der Waals surface area contributed by atoms with Crippen LogP contribution in [0.2, 0.25) is 0 Å². The van der Waals surface area contributed by atoms with Crippen molar-refractivity contribution >= 4 is 33.5 Å². The van der Waals surface area contributed by atoms with Crippen LogP contribution in [0.1, 0.15) is 16.7 Å². The number of carbonyl (C=O) groups is 1. The molecular weight excluding hydrogens is 358 g/mol. The van der Waals surface area contributed by atoms with Gasteiger partial charge < -0.3 is 9.84 Å². The number of allylic oxidation sites excluding steroid dienone is 1. The highest BCUT2D eigenvalue weighted by molar-refractivity contribution is 9.10. The number of halogens is 1. The summed E-state index contributed by atoms with van der Waals surface area (Å²) in [5.74, 6) is -0.641. The van der Waals surface area contributed by atoms with Gasteiger partial charge in [-0.25, -0.2) is 4.79 Å². The van der Waals surface area contributed by atoms with E-state index in [1.54, 1.807) is 24.3 Å². The van der Waals surface area contributed by atoms with Gasteiger partial charge in [-0.3, -0.25) is 0 Å². The summed E-state index contributed by atoms with van der Waals surface area (Å²) in [6.07, 6.45) is 1.69. The van der Waals surface area contributed by atoms with Crippen LogP contribution in [0.4, 0.5) is 0 Å². The summed E-state index contributed by atoms with van der Waals surface area (Å²) in [7, 11) is 0. The van der Waals surface area contributed by atoms with E-state index in [-0.39, 0.29) is 0 Å². The monoisotopic (exact) mass is 371 g/mol. The number of carboxylic acid groups (broad SMARTS) is 1. The number of aliphatic carboxylic acids is 1. The Hall–Kier alpha value is -2.58. The van der Waals surface area contributed by atoms with Crippen LogP contribution in [0.15, 0.2) is 46.9 Å². The Morgan fingerprint density at radius 3 is 2.61 bits per heavy atom. The number of ether oxygens (including phenoxy) is 1. The van der Waals surface area contributed by atoms with E-state index in [1.165, 1.54) is 0 Å². The van der Waals surface area contributed by atoms with E-state index in [1.807, 2.05) is 31.2 Å². The molecule has 0 aliphatic heterocycles. The minimum atomic E-state index is -1.05. The predicted octanol–water partition coefficient (Wildman–Crippen LogP) is 4.29. The van der Waals surface area contributed by atoms with Gasteiger partial charge in [0, 0.05) is 10.0 Å². The summed E-state index contributed by atoms with van der Waals surface area (Å²) >= 11 is 3.37. The topological polar surface area (TPSA) is 70.3 Å². The zero-order valence-electron chi connectivity index (χ0n) is 12.4. The van der Waals surface area contributed by atoms with E-state index in [0.29, 0.717) is 16.9 Å². The van der Waals surface area contributed by atoms with Gasteiger partial charge in [0.1, 0.15) is 5.75 Å². The number of carboxylic acids is 1. The van der Waals surface area contributed by atoms with E-state index in [4.69, 9.17) is 9.84 Å². The van der Waals surface area contributed by atoms with Crippen molar-refractivity contribution in [2.24, 2.45) is 0 Å². The fourth-order valence-corrected chi connectivity index (χ4v) is 2.35. The smallest absolute Gasteiger partial charge is 0.341 e. The van der Waals surface area contributed by atoms with Gasteiger partial charge >= 0.3 is 5.97 Å². The quantitative estimate of drug-likeness (QED) is 0.628. The average Bonchev–Trinajstić information content (AvgIpc) is 2.52. The molecule has 23 heavy (non-hydrogen) atoms. The molecule has 4 nitrogen and oxygen atoms in total. The van der Waals surface area contributed by atoms with E-state index in [2.05, 4.69) is 22.0 Å². The molecule has 0 amide bonds. The third-order valence-electron chi connectivity index (χ3n) is 3.11. The zero-order chi connectivity index (χ0) is 16.8. The first-order chi connectivity index (χ1) is 11.0. The fraction of sp³-hybridized carbons (Fsp3) is 0.111. The SMILES string of the molecule is Cc1ccc(/C(C#N)=C/c2cc(Br)ccc2OCC(=O)O)cc1. The highest BCUT2D eigenvalue weighted by atomic mass is 79.9. The molecule has 0 saturated carbocycles. The average molecular weight is 372 g/mol. The van der Waals surface area contributed by atoms with Crippen LogP contribution in [0.3, 0.4) is 0 Å². The highest BCUT2D eigenvalue weighted by Crippen LogP contribution is 2.28. The van der Waals surface area contributed by atoms with E-state index < -0.39 is 12.6 Å². The van der Waals surface area contributed by atoms with Crippen LogP contribution >= 0.6 is 15.9 Å². The summed E-state index contributed by atoms with van der Waals surface area (Å²) < 4.78 is 6.09. The molecule has 0 aliphatic rings. The maximum Gasteiger partial charge on any atom is 0.341 e. The molecule has 0 fully saturated rings. The van der Waals surface area contributed by atoms with Gasteiger partial charge in [0.2, 0.25) is 0 Å². The maximum atomic E-state index is 10.7. The van der Waals surface area contributed by atoms with Crippen molar-refractivity contribution in [2.75, 3.05) is 6.61 Å². The lowest BCUT2D eigenvalue weighted by atomic mass is 10.0. The van der Waals surface area contributed by atoms with Crippen LogP contribution in [0.5, 0.6) is 5.75 Å². The molecular formula is C18H14BrNO3. The van der Waals surface area contributed by atoms with Crippen molar-refractivity contribution in [2.45, 2.75) is 6.92 Å². The molecule has 0 radical (unpaired) electrons. The Kier molecular flexibility index (Phi) is 5.56. The van der Waals surface area contributed by atoms with Gasteiger partial charge in [-0.15, -0.1) is 0 Å². The summed E-state index contributed by atoms with van der Waals surface area (Å²) in [5, 5.41) is 18.2. The van der Waals surface area contributed by atoms with Crippen molar-refractivity contribution in [1.29, 1.82) is 5.26 Å². The van der Waals surface area contributed by atoms with Crippen LogP contribution in [-0.2, 0) is 4.79 Å². The second-order valence-corrected chi connectivity index (χ2v) is 5.82. The standard InChI is InChI=1S/C18H14BrNO3/c1-12-2-4-13(5-3-12)15(10-20)8-14-9-16(19)6-7-17(14)23-11-18(21)22/h2-9H,11H2,1H3,(H,21,22)/b15-8+. The van der Waals surface area contributed by atoms with Gasteiger partial charge in [-0.2, -0.15) is 5.26 Å². The summed E-state index contributed by atoms with van der Waals surface area (Å²) in [6.45, 7) is 1.54. The van der Waals surface area contributed by atoms with Crippen LogP contribution in [-0.4, -0.2) is 17.7 Å². The van der Waals surface area contributed by atoms with Crippen molar-refractivity contribution in [1.82, 2.24) is 0 Å². The van der Waals surface area contributed by atoms with Gasteiger partial charge in [-0.05, 0) is 36.8 Å². The van der Waals surface area contributed by atoms with Crippen LogP contribution < -0.4 is 4.74 Å². The third-order valence-corrected chi connectivity index (χ3v) is 3.60. The van der Waals surface area contributed by atoms with Gasteiger partial charge in [0.25, 0.3) is 0 Å². The first-order valence-electron chi connectivity index (χ1n) is 6.82. The molecule has 0 spiro atoms. The first-order valence-corrected chi connectivity index (χ1v) is 7.62. The lowest BCUT2D eigenvalue weighted by Crippen LogP contribution is -2.10. The highest BCUT2D eigenvalue weighted by Gasteiger charge is 2.08. The zero-order valence-corrected chi connectivity index (χ0v) is 14.0. The summed E-state index contributed by atoms with van der Waals surface area (Å²) in [4.78, 5) is 10.7. The molecule has 0 aromatic heterocycles. The molecule has 2 aromatic rings. The maximum absolute atomic E-state index is 10.7. The molecule has 0 saturated heterocycles. The molecule has 0 atom stereocenters. The van der Waals surface area contributed by atoms with Crippen molar-refractivity contribution in [3.8, 4) is 11.8 Å². The Morgan fingerprint density at radius 2 is 2.00 bits per heavy atom.